The Morgan fingerprint density at radius 2 is 1.53 bits per heavy atom. The molecule has 2 aromatic carbocycles. The number of benzene rings is 2. The van der Waals surface area contributed by atoms with Crippen molar-refractivity contribution in [3.63, 3.8) is 0 Å². The Kier molecular flexibility index (Phi) is 8.81. The monoisotopic (exact) mass is 520 g/mol. The second-order valence-electron chi connectivity index (χ2n) is 8.70. The number of aromatic nitrogens is 5. The predicted octanol–water partition coefficient (Wildman–Crippen LogP) is 3.96. The first kappa shape index (κ1) is 26.5. The van der Waals surface area contributed by atoms with Crippen molar-refractivity contribution >= 4 is 11.8 Å². The zero-order valence-corrected chi connectivity index (χ0v) is 21.2. The van der Waals surface area contributed by atoms with Crippen LogP contribution in [0.2, 0.25) is 0 Å². The Balaban J connectivity index is 1.41. The van der Waals surface area contributed by atoms with Gasteiger partial charge in [0.05, 0.1) is 32.7 Å². The molecule has 1 unspecified atom stereocenters. The summed E-state index contributed by atoms with van der Waals surface area (Å²) in [4.78, 5) is 13.0. The molecular formula is C27H29FN6O4. The molecule has 0 radical (unpaired) electrons. The van der Waals surface area contributed by atoms with Crippen molar-refractivity contribution in [3.8, 4) is 11.5 Å². The third-order valence-electron chi connectivity index (χ3n) is 5.95. The van der Waals surface area contributed by atoms with Crippen LogP contribution in [0.4, 0.5) is 10.2 Å². The van der Waals surface area contributed by atoms with E-state index >= 15 is 0 Å². The van der Waals surface area contributed by atoms with Crippen molar-refractivity contribution in [1.29, 1.82) is 0 Å². The molecule has 1 N–H and O–H groups in total. The summed E-state index contributed by atoms with van der Waals surface area (Å²) in [5.41, 5.74) is 2.62. The number of hydrogen-bond acceptors (Lipinski definition) is 8. The van der Waals surface area contributed by atoms with Gasteiger partial charge in [-0.1, -0.05) is 29.5 Å². The predicted molar refractivity (Wildman–Crippen MR) is 138 cm³/mol. The topological polar surface area (TPSA) is 115 Å². The molecule has 0 aliphatic rings. The van der Waals surface area contributed by atoms with Gasteiger partial charge in [0.2, 0.25) is 0 Å². The van der Waals surface area contributed by atoms with E-state index < -0.39 is 12.1 Å². The molecule has 198 valence electrons. The summed E-state index contributed by atoms with van der Waals surface area (Å²) in [6.45, 7) is 1.13. The first-order valence-corrected chi connectivity index (χ1v) is 12.0. The number of ether oxygens (including phenoxy) is 2. The molecule has 38 heavy (non-hydrogen) atoms. The van der Waals surface area contributed by atoms with Gasteiger partial charge in [0.1, 0.15) is 17.7 Å². The van der Waals surface area contributed by atoms with E-state index in [1.165, 1.54) is 10.9 Å². The van der Waals surface area contributed by atoms with Crippen LogP contribution in [0.3, 0.4) is 0 Å². The highest BCUT2D eigenvalue weighted by molar-refractivity contribution is 5.84. The zero-order valence-electron chi connectivity index (χ0n) is 21.2. The third kappa shape index (κ3) is 7.25. The van der Waals surface area contributed by atoms with Crippen molar-refractivity contribution in [2.45, 2.75) is 38.6 Å². The van der Waals surface area contributed by atoms with Crippen LogP contribution in [0.1, 0.15) is 33.7 Å². The number of nitrogens with zero attached hydrogens (tertiary/aromatic N) is 6. The van der Waals surface area contributed by atoms with Crippen molar-refractivity contribution in [2.24, 2.45) is 0 Å². The molecule has 0 bridgehead atoms. The molecule has 11 heteroatoms. The number of carboxylic acids is 1. The molecule has 1 atom stereocenters. The van der Waals surface area contributed by atoms with Crippen molar-refractivity contribution < 1.29 is 23.8 Å². The Morgan fingerprint density at radius 3 is 2.00 bits per heavy atom. The minimum atomic E-state index is -1.23. The van der Waals surface area contributed by atoms with E-state index in [1.807, 2.05) is 60.7 Å². The first-order chi connectivity index (χ1) is 18.4. The lowest BCUT2D eigenvalue weighted by Crippen LogP contribution is -2.23. The molecule has 0 amide bonds. The Bertz CT molecular complexity index is 1260. The summed E-state index contributed by atoms with van der Waals surface area (Å²) in [5, 5.41) is 24.8. The highest BCUT2D eigenvalue weighted by Crippen LogP contribution is 2.21. The van der Waals surface area contributed by atoms with Crippen molar-refractivity contribution in [1.82, 2.24) is 25.2 Å². The molecule has 10 nitrogen and oxygen atoms in total. The van der Waals surface area contributed by atoms with Gasteiger partial charge in [0.25, 0.3) is 0 Å². The Morgan fingerprint density at radius 1 is 0.921 bits per heavy atom. The highest BCUT2D eigenvalue weighted by atomic mass is 19.1. The molecule has 2 aromatic heterocycles. The molecule has 0 spiro atoms. The van der Waals surface area contributed by atoms with Gasteiger partial charge in [0.15, 0.2) is 11.5 Å². The Hall–Kier alpha value is -4.54. The van der Waals surface area contributed by atoms with E-state index in [1.54, 1.807) is 14.2 Å². The highest BCUT2D eigenvalue weighted by Gasteiger charge is 2.15. The maximum atomic E-state index is 14.5. The van der Waals surface area contributed by atoms with Crippen LogP contribution < -0.4 is 14.4 Å². The smallest absolute Gasteiger partial charge is 0.358 e. The number of halogens is 1. The standard InChI is InChI=1S/C27H29FN6O4/c1-37-23-10-3-19(4-11-23)15-33(16-20-5-12-24(38-2)13-6-20)26-14-9-22(29-31-26)8-7-21(28)17-34-18-25(27(35)36)30-32-34/h3-6,9-14,18,21H,7-8,15-17H2,1-2H3,(H,35,36). The molecule has 2 heterocycles. The molecule has 0 aliphatic carbocycles. The van der Waals surface area contributed by atoms with Gasteiger partial charge >= 0.3 is 5.97 Å². The zero-order chi connectivity index (χ0) is 26.9. The average molecular weight is 521 g/mol. The van der Waals surface area contributed by atoms with E-state index in [-0.39, 0.29) is 18.7 Å². The summed E-state index contributed by atoms with van der Waals surface area (Å²) in [6, 6.07) is 19.5. The van der Waals surface area contributed by atoms with Gasteiger partial charge in [-0.25, -0.2) is 13.9 Å². The first-order valence-electron chi connectivity index (χ1n) is 12.0. The van der Waals surface area contributed by atoms with E-state index in [0.29, 0.717) is 31.0 Å². The van der Waals surface area contributed by atoms with Crippen LogP contribution in [0.25, 0.3) is 0 Å². The number of methoxy groups -OCH3 is 2. The summed E-state index contributed by atoms with van der Waals surface area (Å²) in [7, 11) is 3.27. The molecular weight excluding hydrogens is 491 g/mol. The number of aryl methyl sites for hydroxylation is 1. The van der Waals surface area contributed by atoms with E-state index in [9.17, 15) is 9.18 Å². The summed E-state index contributed by atoms with van der Waals surface area (Å²) in [5.74, 6) is 1.07. The van der Waals surface area contributed by atoms with Crippen LogP contribution in [0, 0.1) is 0 Å². The number of hydrogen-bond donors (Lipinski definition) is 1. The number of alkyl halides is 1. The van der Waals surface area contributed by atoms with Gasteiger partial charge in [0, 0.05) is 13.1 Å². The second-order valence-corrected chi connectivity index (χ2v) is 8.70. The summed E-state index contributed by atoms with van der Waals surface area (Å²) < 4.78 is 26.2. The SMILES string of the molecule is COc1ccc(CN(Cc2ccc(OC)cc2)c2ccc(CCC(F)Cn3cc(C(=O)O)nn3)nn2)cc1. The Labute approximate surface area is 219 Å². The fourth-order valence-electron chi connectivity index (χ4n) is 3.86. The lowest BCUT2D eigenvalue weighted by molar-refractivity contribution is 0.0690. The number of rotatable bonds is 13. The van der Waals surface area contributed by atoms with Gasteiger partial charge in [-0.2, -0.15) is 5.10 Å². The van der Waals surface area contributed by atoms with Crippen LogP contribution in [-0.4, -0.2) is 56.7 Å². The molecule has 0 aliphatic heterocycles. The van der Waals surface area contributed by atoms with E-state index in [4.69, 9.17) is 14.6 Å². The largest absolute Gasteiger partial charge is 0.497 e. The minimum absolute atomic E-state index is 0.0801. The molecule has 0 saturated heterocycles. The fraction of sp³-hybridized carbons (Fsp3) is 0.296. The number of carboxylic acid groups (broad SMARTS) is 1. The van der Waals surface area contributed by atoms with Crippen molar-refractivity contribution in [2.75, 3.05) is 19.1 Å². The van der Waals surface area contributed by atoms with Gasteiger partial charge in [-0.05, 0) is 60.4 Å². The van der Waals surface area contributed by atoms with Gasteiger partial charge in [-0.15, -0.1) is 10.2 Å². The summed E-state index contributed by atoms with van der Waals surface area (Å²) in [6.07, 6.45) is 0.550. The maximum Gasteiger partial charge on any atom is 0.358 e. The van der Waals surface area contributed by atoms with Gasteiger partial charge < -0.3 is 19.5 Å². The number of anilines is 1. The number of carbonyl (C=O) groups is 1. The lowest BCUT2D eigenvalue weighted by Gasteiger charge is -2.24. The minimum Gasteiger partial charge on any atom is -0.497 e. The van der Waals surface area contributed by atoms with E-state index in [0.717, 1.165) is 22.6 Å². The fourth-order valence-corrected chi connectivity index (χ4v) is 3.86. The molecule has 4 aromatic rings. The molecule has 0 fully saturated rings. The van der Waals surface area contributed by atoms with E-state index in [2.05, 4.69) is 25.4 Å². The van der Waals surface area contributed by atoms with Crippen LogP contribution in [-0.2, 0) is 26.1 Å². The van der Waals surface area contributed by atoms with Crippen LogP contribution in [0.5, 0.6) is 11.5 Å². The number of aromatic carboxylic acids is 1. The average Bonchev–Trinajstić information content (AvgIpc) is 3.41. The lowest BCUT2D eigenvalue weighted by atomic mass is 10.1. The molecule has 0 saturated carbocycles. The third-order valence-corrected chi connectivity index (χ3v) is 5.95. The van der Waals surface area contributed by atoms with Crippen LogP contribution >= 0.6 is 0 Å². The normalized spacial score (nSPS) is 11.7. The summed E-state index contributed by atoms with van der Waals surface area (Å²) >= 11 is 0. The second kappa shape index (κ2) is 12.6. The van der Waals surface area contributed by atoms with Gasteiger partial charge in [-0.3, -0.25) is 0 Å². The quantitative estimate of drug-likeness (QED) is 0.280. The molecule has 4 rings (SSSR count). The van der Waals surface area contributed by atoms with Crippen molar-refractivity contribution in [3.05, 3.63) is 89.4 Å². The van der Waals surface area contributed by atoms with Crippen LogP contribution in [0.15, 0.2) is 66.9 Å². The maximum absolute atomic E-state index is 14.5.